The molecule has 0 aliphatic heterocycles. The first-order valence-corrected chi connectivity index (χ1v) is 5.77. The van der Waals surface area contributed by atoms with Crippen LogP contribution in [-0.4, -0.2) is 25.7 Å². The molecule has 0 aromatic carbocycles. The molecule has 1 rings (SSSR count). The Kier molecular flexibility index (Phi) is 4.14. The summed E-state index contributed by atoms with van der Waals surface area (Å²) in [6.07, 6.45) is 3.77. The van der Waals surface area contributed by atoms with E-state index in [1.807, 2.05) is 13.8 Å². The Hall–Kier alpha value is -0.570. The van der Waals surface area contributed by atoms with Gasteiger partial charge in [-0.2, -0.15) is 0 Å². The molecule has 0 bridgehead atoms. The quantitative estimate of drug-likeness (QED) is 0.726. The molecule has 1 aliphatic carbocycles. The molecule has 1 N–H and O–H groups in total. The molecule has 0 saturated heterocycles. The van der Waals surface area contributed by atoms with E-state index in [0.717, 1.165) is 5.92 Å². The second-order valence-electron chi connectivity index (χ2n) is 5.37. The van der Waals surface area contributed by atoms with E-state index in [0.29, 0.717) is 12.6 Å². The summed E-state index contributed by atoms with van der Waals surface area (Å²) in [5.41, 5.74) is -0.416. The molecule has 1 fully saturated rings. The van der Waals surface area contributed by atoms with Crippen LogP contribution in [0.25, 0.3) is 0 Å². The molecule has 2 atom stereocenters. The molecule has 88 valence electrons. The summed E-state index contributed by atoms with van der Waals surface area (Å²) < 4.78 is 4.77. The Morgan fingerprint density at radius 2 is 2.13 bits per heavy atom. The predicted molar refractivity (Wildman–Crippen MR) is 60.6 cm³/mol. The fourth-order valence-electron chi connectivity index (χ4n) is 2.14. The van der Waals surface area contributed by atoms with Gasteiger partial charge in [-0.05, 0) is 39.0 Å². The Labute approximate surface area is 92.6 Å². The molecule has 0 heterocycles. The van der Waals surface area contributed by atoms with E-state index in [4.69, 9.17) is 4.74 Å². The lowest BCUT2D eigenvalue weighted by molar-refractivity contribution is -0.150. The van der Waals surface area contributed by atoms with Gasteiger partial charge in [0.1, 0.15) is 0 Å². The summed E-state index contributed by atoms with van der Waals surface area (Å²) in [6.45, 7) is 6.83. The maximum atomic E-state index is 11.4. The molecule has 0 radical (unpaired) electrons. The first-order chi connectivity index (χ1) is 6.95. The summed E-state index contributed by atoms with van der Waals surface area (Å²) >= 11 is 0. The van der Waals surface area contributed by atoms with Gasteiger partial charge in [-0.1, -0.05) is 6.92 Å². The van der Waals surface area contributed by atoms with Crippen LogP contribution in [0.3, 0.4) is 0 Å². The number of esters is 1. The zero-order valence-electron chi connectivity index (χ0n) is 10.3. The number of rotatable bonds is 4. The van der Waals surface area contributed by atoms with E-state index in [1.54, 1.807) is 0 Å². The van der Waals surface area contributed by atoms with Crippen molar-refractivity contribution in [2.24, 2.45) is 11.3 Å². The lowest BCUT2D eigenvalue weighted by atomic mass is 9.93. The van der Waals surface area contributed by atoms with Crippen LogP contribution < -0.4 is 5.32 Å². The van der Waals surface area contributed by atoms with Gasteiger partial charge < -0.3 is 10.1 Å². The number of hydrogen-bond acceptors (Lipinski definition) is 3. The number of carbonyl (C=O) groups excluding carboxylic acids is 1. The van der Waals surface area contributed by atoms with Crippen LogP contribution in [-0.2, 0) is 9.53 Å². The molecule has 0 spiro atoms. The van der Waals surface area contributed by atoms with Crippen molar-refractivity contribution in [3.05, 3.63) is 0 Å². The number of hydrogen-bond donors (Lipinski definition) is 1. The van der Waals surface area contributed by atoms with Gasteiger partial charge in [0.2, 0.25) is 0 Å². The van der Waals surface area contributed by atoms with E-state index >= 15 is 0 Å². The van der Waals surface area contributed by atoms with E-state index in [9.17, 15) is 4.79 Å². The fraction of sp³-hybridized carbons (Fsp3) is 0.917. The zero-order chi connectivity index (χ0) is 11.5. The molecule has 0 amide bonds. The summed E-state index contributed by atoms with van der Waals surface area (Å²) in [7, 11) is 1.45. The lowest BCUT2D eigenvalue weighted by Crippen LogP contribution is -2.40. The van der Waals surface area contributed by atoms with Crippen LogP contribution >= 0.6 is 0 Å². The molecule has 3 heteroatoms. The molecule has 1 aliphatic rings. The molecule has 0 aromatic rings. The second-order valence-corrected chi connectivity index (χ2v) is 5.37. The Bertz CT molecular complexity index is 226. The van der Waals surface area contributed by atoms with Crippen molar-refractivity contribution in [2.75, 3.05) is 13.7 Å². The van der Waals surface area contributed by atoms with Gasteiger partial charge in [-0.25, -0.2) is 0 Å². The largest absolute Gasteiger partial charge is 0.469 e. The second kappa shape index (κ2) is 4.97. The van der Waals surface area contributed by atoms with Crippen LogP contribution in [0.4, 0.5) is 0 Å². The highest BCUT2D eigenvalue weighted by molar-refractivity contribution is 5.76. The number of ether oxygens (including phenoxy) is 1. The van der Waals surface area contributed by atoms with Gasteiger partial charge in [-0.3, -0.25) is 4.79 Å². The summed E-state index contributed by atoms with van der Waals surface area (Å²) in [5, 5.41) is 3.47. The number of carbonyl (C=O) groups is 1. The maximum Gasteiger partial charge on any atom is 0.312 e. The lowest BCUT2D eigenvalue weighted by Gasteiger charge is -2.24. The van der Waals surface area contributed by atoms with Crippen molar-refractivity contribution in [1.29, 1.82) is 0 Å². The molecule has 1 saturated carbocycles. The average Bonchev–Trinajstić information content (AvgIpc) is 2.60. The fourth-order valence-corrected chi connectivity index (χ4v) is 2.14. The van der Waals surface area contributed by atoms with Gasteiger partial charge in [-0.15, -0.1) is 0 Å². The van der Waals surface area contributed by atoms with Crippen LogP contribution in [0.2, 0.25) is 0 Å². The molecular weight excluding hydrogens is 190 g/mol. The van der Waals surface area contributed by atoms with Gasteiger partial charge in [0, 0.05) is 12.6 Å². The SMILES string of the molecule is COC(=O)C(C)(C)CNC1CCC(C)C1. The minimum absolute atomic E-state index is 0.138. The highest BCUT2D eigenvalue weighted by atomic mass is 16.5. The first kappa shape index (κ1) is 12.5. The van der Waals surface area contributed by atoms with Crippen molar-refractivity contribution in [3.8, 4) is 0 Å². The van der Waals surface area contributed by atoms with Crippen molar-refractivity contribution < 1.29 is 9.53 Å². The Morgan fingerprint density at radius 3 is 2.60 bits per heavy atom. The highest BCUT2D eigenvalue weighted by Gasteiger charge is 2.30. The Morgan fingerprint density at radius 1 is 1.47 bits per heavy atom. The first-order valence-electron chi connectivity index (χ1n) is 5.77. The minimum Gasteiger partial charge on any atom is -0.469 e. The van der Waals surface area contributed by atoms with Crippen LogP contribution in [0, 0.1) is 11.3 Å². The van der Waals surface area contributed by atoms with Gasteiger partial charge in [0.05, 0.1) is 12.5 Å². The zero-order valence-corrected chi connectivity index (χ0v) is 10.3. The van der Waals surface area contributed by atoms with E-state index in [1.165, 1.54) is 26.4 Å². The van der Waals surface area contributed by atoms with Gasteiger partial charge in [0.15, 0.2) is 0 Å². The molecular formula is C12H23NO2. The summed E-state index contributed by atoms with van der Waals surface area (Å²) in [6, 6.07) is 0.587. The number of methoxy groups -OCH3 is 1. The van der Waals surface area contributed by atoms with Gasteiger partial charge >= 0.3 is 5.97 Å². The third-order valence-corrected chi connectivity index (χ3v) is 3.27. The van der Waals surface area contributed by atoms with Crippen molar-refractivity contribution in [3.63, 3.8) is 0 Å². The smallest absolute Gasteiger partial charge is 0.312 e. The normalized spacial score (nSPS) is 26.7. The maximum absolute atomic E-state index is 11.4. The molecule has 15 heavy (non-hydrogen) atoms. The minimum atomic E-state index is -0.416. The molecule has 3 nitrogen and oxygen atoms in total. The third kappa shape index (κ3) is 3.49. The van der Waals surface area contributed by atoms with E-state index in [2.05, 4.69) is 12.2 Å². The summed E-state index contributed by atoms with van der Waals surface area (Å²) in [5.74, 6) is 0.685. The highest BCUT2D eigenvalue weighted by Crippen LogP contribution is 2.25. The van der Waals surface area contributed by atoms with E-state index in [-0.39, 0.29) is 5.97 Å². The topological polar surface area (TPSA) is 38.3 Å². The molecule has 0 aromatic heterocycles. The average molecular weight is 213 g/mol. The van der Waals surface area contributed by atoms with Crippen molar-refractivity contribution >= 4 is 5.97 Å². The molecule has 2 unspecified atom stereocenters. The third-order valence-electron chi connectivity index (χ3n) is 3.27. The van der Waals surface area contributed by atoms with Crippen molar-refractivity contribution in [1.82, 2.24) is 5.32 Å². The van der Waals surface area contributed by atoms with Crippen molar-refractivity contribution in [2.45, 2.75) is 46.1 Å². The number of nitrogens with one attached hydrogen (secondary N) is 1. The standard InChI is InChI=1S/C12H23NO2/c1-9-5-6-10(7-9)13-8-12(2,3)11(14)15-4/h9-10,13H,5-8H2,1-4H3. The summed E-state index contributed by atoms with van der Waals surface area (Å²) in [4.78, 5) is 11.4. The van der Waals surface area contributed by atoms with Crippen LogP contribution in [0.1, 0.15) is 40.0 Å². The van der Waals surface area contributed by atoms with E-state index < -0.39 is 5.41 Å². The van der Waals surface area contributed by atoms with Crippen LogP contribution in [0.5, 0.6) is 0 Å². The van der Waals surface area contributed by atoms with Gasteiger partial charge in [0.25, 0.3) is 0 Å². The Balaban J connectivity index is 2.32. The predicted octanol–water partition coefficient (Wildman–Crippen LogP) is 1.96. The monoisotopic (exact) mass is 213 g/mol. The van der Waals surface area contributed by atoms with Crippen LogP contribution in [0.15, 0.2) is 0 Å².